The number of rotatable bonds is 8. The molecule has 0 unspecified atom stereocenters. The Morgan fingerprint density at radius 3 is 2.64 bits per heavy atom. The number of hydrogen-bond donors (Lipinski definition) is 3. The molecule has 0 radical (unpaired) electrons. The van der Waals surface area contributed by atoms with Gasteiger partial charge in [-0.2, -0.15) is 0 Å². The zero-order valence-electron chi connectivity index (χ0n) is 15.4. The molecule has 1 aliphatic rings. The van der Waals surface area contributed by atoms with Crippen LogP contribution in [0.1, 0.15) is 59.3 Å². The Morgan fingerprint density at radius 2 is 2.04 bits per heavy atom. The molecule has 0 aromatic carbocycles. The van der Waals surface area contributed by atoms with Crippen molar-refractivity contribution in [2.75, 3.05) is 0 Å². The zero-order valence-corrected chi connectivity index (χ0v) is 15.4. The number of carboxylic acid groups (broad SMARTS) is 1. The number of aliphatic carboxylic acids is 1. The molecular weight excluding hydrogens is 320 g/mol. The van der Waals surface area contributed by atoms with Crippen LogP contribution in [0, 0.1) is 29.1 Å². The van der Waals surface area contributed by atoms with Gasteiger partial charge in [-0.15, -0.1) is 11.8 Å². The van der Waals surface area contributed by atoms with Crippen LogP contribution in [-0.2, 0) is 9.59 Å². The number of aliphatic hydroxyl groups excluding tert-OH is 2. The quantitative estimate of drug-likeness (QED) is 0.355. The second kappa shape index (κ2) is 9.74. The monoisotopic (exact) mass is 350 g/mol. The highest BCUT2D eigenvalue weighted by atomic mass is 16.4. The molecule has 0 aromatic rings. The van der Waals surface area contributed by atoms with Gasteiger partial charge in [0.1, 0.15) is 5.78 Å². The van der Waals surface area contributed by atoms with E-state index in [1.165, 1.54) is 0 Å². The minimum atomic E-state index is -0.839. The first-order valence-electron chi connectivity index (χ1n) is 8.98. The standard InChI is InChI=1S/C20H30O5/c1-4-9-14(21)12-13-16-15(18(24)20(2,3)19(16)25)10-7-5-6-8-11-17(22)23/h12-16,19,21,25H,4,6,8-11H2,1-3H3,(H,22,23)/t14-,15+,16+,19-/m0/s1. The van der Waals surface area contributed by atoms with Crippen molar-refractivity contribution >= 4 is 11.8 Å². The van der Waals surface area contributed by atoms with Gasteiger partial charge in [-0.3, -0.25) is 9.59 Å². The van der Waals surface area contributed by atoms with Crippen molar-refractivity contribution in [1.82, 2.24) is 0 Å². The molecule has 0 spiro atoms. The van der Waals surface area contributed by atoms with Crippen molar-refractivity contribution < 1.29 is 24.9 Å². The molecule has 1 aliphatic carbocycles. The Bertz CT molecular complexity index is 552. The highest BCUT2D eigenvalue weighted by Crippen LogP contribution is 2.44. The molecule has 1 saturated carbocycles. The Kier molecular flexibility index (Phi) is 8.34. The third kappa shape index (κ3) is 5.98. The summed E-state index contributed by atoms with van der Waals surface area (Å²) >= 11 is 0. The average Bonchev–Trinajstić information content (AvgIpc) is 2.69. The molecule has 0 heterocycles. The van der Waals surface area contributed by atoms with Crippen molar-refractivity contribution in [2.24, 2.45) is 17.3 Å². The lowest BCUT2D eigenvalue weighted by Gasteiger charge is -2.22. The van der Waals surface area contributed by atoms with Crippen molar-refractivity contribution in [2.45, 2.75) is 71.5 Å². The number of unbranched alkanes of at least 4 members (excludes halogenated alkanes) is 1. The highest BCUT2D eigenvalue weighted by Gasteiger charge is 2.52. The summed E-state index contributed by atoms with van der Waals surface area (Å²) in [4.78, 5) is 23.1. The lowest BCUT2D eigenvalue weighted by atomic mass is 9.86. The van der Waals surface area contributed by atoms with Gasteiger partial charge in [0.2, 0.25) is 0 Å². The van der Waals surface area contributed by atoms with Gasteiger partial charge in [0.05, 0.1) is 17.6 Å². The minimum absolute atomic E-state index is 0.0144. The van der Waals surface area contributed by atoms with E-state index in [-0.39, 0.29) is 18.1 Å². The molecule has 3 N–H and O–H groups in total. The largest absolute Gasteiger partial charge is 0.481 e. The number of aliphatic hydroxyl groups is 2. The molecule has 5 heteroatoms. The summed E-state index contributed by atoms with van der Waals surface area (Å²) in [5, 5.41) is 29.0. The number of hydrogen-bond acceptors (Lipinski definition) is 4. The minimum Gasteiger partial charge on any atom is -0.481 e. The average molecular weight is 350 g/mol. The van der Waals surface area contributed by atoms with Crippen LogP contribution >= 0.6 is 0 Å². The Labute approximate surface area is 150 Å². The smallest absolute Gasteiger partial charge is 0.303 e. The van der Waals surface area contributed by atoms with Crippen molar-refractivity contribution in [3.63, 3.8) is 0 Å². The molecule has 0 aromatic heterocycles. The summed E-state index contributed by atoms with van der Waals surface area (Å²) in [7, 11) is 0. The predicted octanol–water partition coefficient (Wildman–Crippen LogP) is 2.55. The van der Waals surface area contributed by atoms with Crippen LogP contribution in [0.5, 0.6) is 0 Å². The molecule has 4 atom stereocenters. The van der Waals surface area contributed by atoms with E-state index in [1.54, 1.807) is 26.0 Å². The fraction of sp³-hybridized carbons (Fsp3) is 0.700. The van der Waals surface area contributed by atoms with E-state index in [0.717, 1.165) is 6.42 Å². The molecule has 1 rings (SSSR count). The summed E-state index contributed by atoms with van der Waals surface area (Å²) in [6, 6.07) is 0. The van der Waals surface area contributed by atoms with Gasteiger partial charge in [-0.25, -0.2) is 0 Å². The van der Waals surface area contributed by atoms with Gasteiger partial charge in [0, 0.05) is 31.1 Å². The zero-order chi connectivity index (χ0) is 19.0. The summed E-state index contributed by atoms with van der Waals surface area (Å²) in [6.45, 7) is 5.46. The van der Waals surface area contributed by atoms with Gasteiger partial charge < -0.3 is 15.3 Å². The summed E-state index contributed by atoms with van der Waals surface area (Å²) in [6.07, 6.45) is 4.95. The number of carbonyl (C=O) groups excluding carboxylic acids is 1. The first-order valence-corrected chi connectivity index (χ1v) is 8.98. The summed E-state index contributed by atoms with van der Waals surface area (Å²) < 4.78 is 0. The molecule has 0 saturated heterocycles. The second-order valence-electron chi connectivity index (χ2n) is 7.26. The molecule has 5 nitrogen and oxygen atoms in total. The van der Waals surface area contributed by atoms with Crippen LogP contribution in [0.3, 0.4) is 0 Å². The summed E-state index contributed by atoms with van der Waals surface area (Å²) in [5.74, 6) is 4.26. The normalized spacial score (nSPS) is 26.4. The van der Waals surface area contributed by atoms with Crippen molar-refractivity contribution in [3.8, 4) is 11.8 Å². The molecular formula is C20H30O5. The SMILES string of the molecule is CCC[C@H](O)C=C[C@@H]1[C@@H](CC#CCCCC(=O)O)C(=O)C(C)(C)[C@H]1O. The van der Waals surface area contributed by atoms with Crippen LogP contribution in [0.25, 0.3) is 0 Å². The van der Waals surface area contributed by atoms with Crippen molar-refractivity contribution in [1.29, 1.82) is 0 Å². The number of ketones is 1. The van der Waals surface area contributed by atoms with Crippen LogP contribution in [0.2, 0.25) is 0 Å². The lowest BCUT2D eigenvalue weighted by Crippen LogP contribution is -2.31. The van der Waals surface area contributed by atoms with E-state index in [9.17, 15) is 19.8 Å². The summed E-state index contributed by atoms with van der Waals surface area (Å²) in [5.41, 5.74) is -0.833. The number of carboxylic acids is 1. The van der Waals surface area contributed by atoms with E-state index in [1.807, 2.05) is 6.92 Å². The molecule has 1 fully saturated rings. The maximum atomic E-state index is 12.6. The highest BCUT2D eigenvalue weighted by molar-refractivity contribution is 5.90. The van der Waals surface area contributed by atoms with Crippen molar-refractivity contribution in [3.05, 3.63) is 12.2 Å². The maximum absolute atomic E-state index is 12.6. The van der Waals surface area contributed by atoms with Gasteiger partial charge in [0.25, 0.3) is 0 Å². The lowest BCUT2D eigenvalue weighted by molar-refractivity contribution is -0.137. The first-order chi connectivity index (χ1) is 11.7. The van der Waals surface area contributed by atoms with Crippen LogP contribution in [-0.4, -0.2) is 39.3 Å². The predicted molar refractivity (Wildman–Crippen MR) is 95.7 cm³/mol. The Balaban J connectivity index is 2.76. The fourth-order valence-corrected chi connectivity index (χ4v) is 3.21. The van der Waals surface area contributed by atoms with E-state index in [0.29, 0.717) is 25.7 Å². The third-order valence-electron chi connectivity index (χ3n) is 4.82. The Morgan fingerprint density at radius 1 is 1.36 bits per heavy atom. The number of carbonyl (C=O) groups is 2. The topological polar surface area (TPSA) is 94.8 Å². The molecule has 0 aliphatic heterocycles. The first kappa shape index (κ1) is 21.4. The molecule has 140 valence electrons. The third-order valence-corrected chi connectivity index (χ3v) is 4.82. The van der Waals surface area contributed by atoms with Gasteiger partial charge in [-0.05, 0) is 12.8 Å². The van der Waals surface area contributed by atoms with Gasteiger partial charge >= 0.3 is 5.97 Å². The van der Waals surface area contributed by atoms with Crippen LogP contribution in [0.4, 0.5) is 0 Å². The van der Waals surface area contributed by atoms with Gasteiger partial charge in [0.15, 0.2) is 0 Å². The van der Waals surface area contributed by atoms with Crippen LogP contribution < -0.4 is 0 Å². The molecule has 0 amide bonds. The van der Waals surface area contributed by atoms with E-state index in [2.05, 4.69) is 11.8 Å². The number of Topliss-reactive ketones (excluding diaryl/α,β-unsaturated/α-hetero) is 1. The fourth-order valence-electron chi connectivity index (χ4n) is 3.21. The van der Waals surface area contributed by atoms with Crippen LogP contribution in [0.15, 0.2) is 12.2 Å². The Hall–Kier alpha value is -1.64. The molecule has 0 bridgehead atoms. The van der Waals surface area contributed by atoms with Gasteiger partial charge in [-0.1, -0.05) is 39.3 Å². The maximum Gasteiger partial charge on any atom is 0.303 e. The second-order valence-corrected chi connectivity index (χ2v) is 7.26. The van der Waals surface area contributed by atoms with E-state index < -0.39 is 29.5 Å². The van der Waals surface area contributed by atoms with E-state index >= 15 is 0 Å². The molecule has 25 heavy (non-hydrogen) atoms. The van der Waals surface area contributed by atoms with E-state index in [4.69, 9.17) is 5.11 Å².